The van der Waals surface area contributed by atoms with Crippen LogP contribution in [-0.4, -0.2) is 65.0 Å². The van der Waals surface area contributed by atoms with Crippen LogP contribution >= 0.6 is 0 Å². The molecule has 0 aliphatic carbocycles. The number of sulfonamides is 1. The molecule has 2 aliphatic heterocycles. The quantitative estimate of drug-likeness (QED) is 0.641. The number of methoxy groups -OCH3 is 2. The van der Waals surface area contributed by atoms with E-state index in [2.05, 4.69) is 4.72 Å². The molecule has 9 nitrogen and oxygen atoms in total. The Balaban J connectivity index is 1.31. The second-order valence-corrected chi connectivity index (χ2v) is 10.2. The van der Waals surface area contributed by atoms with Gasteiger partial charge >= 0.3 is 0 Å². The molecule has 4 rings (SSSR count). The van der Waals surface area contributed by atoms with Gasteiger partial charge in [0.15, 0.2) is 0 Å². The third-order valence-corrected chi connectivity index (χ3v) is 7.89. The Morgan fingerprint density at radius 2 is 1.50 bits per heavy atom. The average Bonchev–Trinajstić information content (AvgIpc) is 3.25. The van der Waals surface area contributed by atoms with Crippen LogP contribution in [0.5, 0.6) is 11.5 Å². The second-order valence-electron chi connectivity index (χ2n) is 8.50. The molecule has 1 atom stereocenters. The lowest BCUT2D eigenvalue weighted by Gasteiger charge is -2.33. The van der Waals surface area contributed by atoms with Crippen LogP contribution in [0, 0.1) is 5.92 Å². The Hall–Kier alpha value is -3.11. The lowest BCUT2D eigenvalue weighted by molar-refractivity contribution is -0.136. The van der Waals surface area contributed by atoms with Crippen molar-refractivity contribution in [2.75, 3.05) is 38.8 Å². The van der Waals surface area contributed by atoms with Gasteiger partial charge in [-0.1, -0.05) is 0 Å². The van der Waals surface area contributed by atoms with E-state index in [4.69, 9.17) is 9.47 Å². The smallest absolute Gasteiger partial charge is 0.240 e. The predicted molar refractivity (Wildman–Crippen MR) is 126 cm³/mol. The molecule has 1 N–H and O–H groups in total. The minimum atomic E-state index is -3.66. The van der Waals surface area contributed by atoms with Crippen molar-refractivity contribution in [2.24, 2.45) is 5.92 Å². The maximum absolute atomic E-state index is 13.1. The molecule has 0 spiro atoms. The Labute approximate surface area is 199 Å². The summed E-state index contributed by atoms with van der Waals surface area (Å²) in [5.41, 5.74) is 0.743. The number of anilines is 1. The highest BCUT2D eigenvalue weighted by Gasteiger charge is 2.38. The van der Waals surface area contributed by atoms with E-state index in [0.717, 1.165) is 5.69 Å². The van der Waals surface area contributed by atoms with E-state index in [1.807, 2.05) is 12.1 Å². The predicted octanol–water partition coefficient (Wildman–Crippen LogP) is 2.03. The van der Waals surface area contributed by atoms with Crippen LogP contribution < -0.4 is 19.1 Å². The van der Waals surface area contributed by atoms with Gasteiger partial charge in [0.25, 0.3) is 0 Å². The topological polar surface area (TPSA) is 105 Å². The Bertz CT molecular complexity index is 1130. The second kappa shape index (κ2) is 10.0. The van der Waals surface area contributed by atoms with E-state index in [1.165, 1.54) is 19.2 Å². The molecule has 10 heteroatoms. The van der Waals surface area contributed by atoms with Crippen molar-refractivity contribution < 1.29 is 27.5 Å². The summed E-state index contributed by atoms with van der Waals surface area (Å²) in [5.74, 6) is 0.754. The van der Waals surface area contributed by atoms with Crippen molar-refractivity contribution in [1.29, 1.82) is 0 Å². The molecular formula is C24H29N3O6S. The van der Waals surface area contributed by atoms with E-state index in [9.17, 15) is 18.0 Å². The summed E-state index contributed by atoms with van der Waals surface area (Å²) in [5, 5.41) is 0. The Morgan fingerprint density at radius 3 is 2.06 bits per heavy atom. The number of benzene rings is 2. The molecule has 34 heavy (non-hydrogen) atoms. The summed E-state index contributed by atoms with van der Waals surface area (Å²) in [6, 6.07) is 13.2. The zero-order chi connectivity index (χ0) is 24.3. The van der Waals surface area contributed by atoms with Gasteiger partial charge in [-0.3, -0.25) is 9.59 Å². The highest BCUT2D eigenvalue weighted by Crippen LogP contribution is 2.29. The normalized spacial score (nSPS) is 19.4. The molecule has 182 valence electrons. The first-order chi connectivity index (χ1) is 16.3. The fraction of sp³-hybridized carbons (Fsp3) is 0.417. The summed E-state index contributed by atoms with van der Waals surface area (Å²) >= 11 is 0. The minimum absolute atomic E-state index is 0.0548. The van der Waals surface area contributed by atoms with Crippen molar-refractivity contribution in [3.8, 4) is 11.5 Å². The van der Waals surface area contributed by atoms with Crippen LogP contribution in [0.1, 0.15) is 19.3 Å². The van der Waals surface area contributed by atoms with Crippen molar-refractivity contribution >= 4 is 27.5 Å². The zero-order valence-electron chi connectivity index (χ0n) is 19.3. The third kappa shape index (κ3) is 5.18. The molecule has 0 aromatic heterocycles. The highest BCUT2D eigenvalue weighted by atomic mass is 32.2. The van der Waals surface area contributed by atoms with Crippen molar-refractivity contribution in [2.45, 2.75) is 30.2 Å². The first-order valence-electron chi connectivity index (χ1n) is 11.2. The molecule has 2 aromatic carbocycles. The number of carbonyl (C=O) groups is 2. The van der Waals surface area contributed by atoms with Gasteiger partial charge in [0.05, 0.1) is 25.0 Å². The molecule has 2 saturated heterocycles. The van der Waals surface area contributed by atoms with Crippen LogP contribution in [0.4, 0.5) is 5.69 Å². The third-order valence-electron chi connectivity index (χ3n) is 6.36. The number of carbonyl (C=O) groups excluding carboxylic acids is 2. The molecule has 2 amide bonds. The number of likely N-dealkylation sites (tertiary alicyclic amines) is 1. The van der Waals surface area contributed by atoms with Crippen LogP contribution in [0.2, 0.25) is 0 Å². The zero-order valence-corrected chi connectivity index (χ0v) is 20.1. The maximum atomic E-state index is 13.1. The van der Waals surface area contributed by atoms with Crippen LogP contribution in [0.15, 0.2) is 53.4 Å². The van der Waals surface area contributed by atoms with Gasteiger partial charge in [0.2, 0.25) is 21.8 Å². The molecule has 1 unspecified atom stereocenters. The molecule has 2 aromatic rings. The van der Waals surface area contributed by atoms with E-state index in [1.54, 1.807) is 41.2 Å². The van der Waals surface area contributed by atoms with Gasteiger partial charge < -0.3 is 19.3 Å². The van der Waals surface area contributed by atoms with E-state index < -0.39 is 15.9 Å². The summed E-state index contributed by atoms with van der Waals surface area (Å²) in [6.07, 6.45) is 1.21. The molecule has 2 aliphatic rings. The fourth-order valence-electron chi connectivity index (χ4n) is 4.40. The van der Waals surface area contributed by atoms with E-state index in [-0.39, 0.29) is 29.2 Å². The van der Waals surface area contributed by atoms with E-state index in [0.29, 0.717) is 44.0 Å². The standard InChI is InChI=1S/C24H29N3O6S/c1-32-20-5-3-19(4-6-20)27-16-17(15-23(27)28)24(29)26-13-11-18(12-14-26)25-34(30,31)22-9-7-21(33-2)8-10-22/h3-10,17-18,25H,11-16H2,1-2H3. The van der Waals surface area contributed by atoms with Gasteiger partial charge in [0, 0.05) is 37.8 Å². The number of piperidine rings is 1. The summed E-state index contributed by atoms with van der Waals surface area (Å²) < 4.78 is 38.4. The largest absolute Gasteiger partial charge is 0.497 e. The van der Waals surface area contributed by atoms with Gasteiger partial charge in [-0.15, -0.1) is 0 Å². The van der Waals surface area contributed by atoms with Gasteiger partial charge in [0.1, 0.15) is 11.5 Å². The number of hydrogen-bond acceptors (Lipinski definition) is 6. The molecule has 2 heterocycles. The summed E-state index contributed by atoms with van der Waals surface area (Å²) in [7, 11) is -0.554. The molecule has 0 bridgehead atoms. The number of rotatable bonds is 7. The Morgan fingerprint density at radius 1 is 0.941 bits per heavy atom. The van der Waals surface area contributed by atoms with Gasteiger partial charge in [-0.25, -0.2) is 13.1 Å². The molecular weight excluding hydrogens is 458 g/mol. The highest BCUT2D eigenvalue weighted by molar-refractivity contribution is 7.89. The number of hydrogen-bond donors (Lipinski definition) is 1. The van der Waals surface area contributed by atoms with Crippen LogP contribution in [0.3, 0.4) is 0 Å². The Kier molecular flexibility index (Phi) is 7.08. The van der Waals surface area contributed by atoms with Gasteiger partial charge in [-0.2, -0.15) is 0 Å². The number of nitrogens with zero attached hydrogens (tertiary/aromatic N) is 2. The van der Waals surface area contributed by atoms with Crippen molar-refractivity contribution in [1.82, 2.24) is 9.62 Å². The number of nitrogens with one attached hydrogen (secondary N) is 1. The fourth-order valence-corrected chi connectivity index (χ4v) is 5.71. The number of ether oxygens (including phenoxy) is 2. The van der Waals surface area contributed by atoms with Crippen LogP contribution in [-0.2, 0) is 19.6 Å². The van der Waals surface area contributed by atoms with Gasteiger partial charge in [-0.05, 0) is 61.4 Å². The van der Waals surface area contributed by atoms with Crippen molar-refractivity contribution in [3.05, 3.63) is 48.5 Å². The minimum Gasteiger partial charge on any atom is -0.497 e. The molecule has 2 fully saturated rings. The lowest BCUT2D eigenvalue weighted by Crippen LogP contribution is -2.48. The first-order valence-corrected chi connectivity index (χ1v) is 12.7. The lowest BCUT2D eigenvalue weighted by atomic mass is 10.0. The maximum Gasteiger partial charge on any atom is 0.240 e. The van der Waals surface area contributed by atoms with Crippen molar-refractivity contribution in [3.63, 3.8) is 0 Å². The summed E-state index contributed by atoms with van der Waals surface area (Å²) in [4.78, 5) is 29.2. The molecule has 0 saturated carbocycles. The van der Waals surface area contributed by atoms with Crippen LogP contribution in [0.25, 0.3) is 0 Å². The summed E-state index contributed by atoms with van der Waals surface area (Å²) in [6.45, 7) is 1.23. The monoisotopic (exact) mass is 487 g/mol. The molecule has 0 radical (unpaired) electrons. The SMILES string of the molecule is COc1ccc(N2CC(C(=O)N3CCC(NS(=O)(=O)c4ccc(OC)cc4)CC3)CC2=O)cc1. The average molecular weight is 488 g/mol. The number of amides is 2. The first kappa shape index (κ1) is 24.0. The van der Waals surface area contributed by atoms with E-state index >= 15 is 0 Å².